The van der Waals surface area contributed by atoms with Crippen molar-refractivity contribution in [2.75, 3.05) is 12.0 Å². The summed E-state index contributed by atoms with van der Waals surface area (Å²) in [7, 11) is -3.48. The van der Waals surface area contributed by atoms with E-state index in [1.807, 2.05) is 0 Å². The van der Waals surface area contributed by atoms with Gasteiger partial charge < -0.3 is 5.73 Å². The average molecular weight is 317 g/mol. The van der Waals surface area contributed by atoms with Crippen LogP contribution in [0.5, 0.6) is 0 Å². The van der Waals surface area contributed by atoms with E-state index in [1.165, 1.54) is 18.5 Å². The summed E-state index contributed by atoms with van der Waals surface area (Å²) < 4.78 is 24.1. The van der Waals surface area contributed by atoms with Gasteiger partial charge in [-0.1, -0.05) is 12.1 Å². The second-order valence-corrected chi connectivity index (χ2v) is 6.51. The van der Waals surface area contributed by atoms with E-state index in [0.29, 0.717) is 16.7 Å². The van der Waals surface area contributed by atoms with Gasteiger partial charge in [-0.2, -0.15) is 0 Å². The molecule has 0 saturated heterocycles. The smallest absolute Gasteiger partial charge is 0.219 e. The number of aromatic nitrogens is 6. The van der Waals surface area contributed by atoms with Crippen molar-refractivity contribution in [2.24, 2.45) is 0 Å². The van der Waals surface area contributed by atoms with Crippen molar-refractivity contribution in [3.05, 3.63) is 30.6 Å². The van der Waals surface area contributed by atoms with Gasteiger partial charge in [0, 0.05) is 29.8 Å². The molecule has 0 amide bonds. The molecular formula is C12H11N7O2S. The Kier molecular flexibility index (Phi) is 3.29. The minimum atomic E-state index is -3.48. The lowest BCUT2D eigenvalue weighted by molar-refractivity contribution is 0.602. The first-order chi connectivity index (χ1) is 10.5. The molecule has 2 heterocycles. The first kappa shape index (κ1) is 14.1. The lowest BCUT2D eigenvalue weighted by Gasteiger charge is -2.11. The van der Waals surface area contributed by atoms with Gasteiger partial charge in [0.05, 0.1) is 4.90 Å². The fourth-order valence-electron chi connectivity index (χ4n) is 2.07. The summed E-state index contributed by atoms with van der Waals surface area (Å²) in [4.78, 5) is 7.96. The fraction of sp³-hybridized carbons (Fsp3) is 0.0833. The Labute approximate surface area is 125 Å². The molecule has 9 nitrogen and oxygen atoms in total. The average Bonchev–Trinajstić information content (AvgIpc) is 3.00. The van der Waals surface area contributed by atoms with E-state index < -0.39 is 9.84 Å². The predicted molar refractivity (Wildman–Crippen MR) is 78.2 cm³/mol. The third kappa shape index (κ3) is 2.51. The van der Waals surface area contributed by atoms with Crippen LogP contribution in [-0.2, 0) is 9.84 Å². The molecule has 10 heteroatoms. The van der Waals surface area contributed by atoms with Gasteiger partial charge in [-0.05, 0) is 22.1 Å². The highest BCUT2D eigenvalue weighted by molar-refractivity contribution is 7.90. The third-order valence-corrected chi connectivity index (χ3v) is 4.13. The molecule has 112 valence electrons. The Morgan fingerprint density at radius 3 is 2.50 bits per heavy atom. The molecule has 2 aromatic heterocycles. The van der Waals surface area contributed by atoms with Gasteiger partial charge in [0.1, 0.15) is 0 Å². The number of anilines is 1. The van der Waals surface area contributed by atoms with E-state index in [-0.39, 0.29) is 16.7 Å². The Morgan fingerprint density at radius 1 is 1.18 bits per heavy atom. The van der Waals surface area contributed by atoms with Crippen LogP contribution in [0, 0.1) is 0 Å². The number of rotatable bonds is 3. The summed E-state index contributed by atoms with van der Waals surface area (Å²) in [6.07, 6.45) is 4.15. The van der Waals surface area contributed by atoms with Crippen LogP contribution in [0.4, 0.5) is 5.95 Å². The highest BCUT2D eigenvalue weighted by atomic mass is 32.2. The van der Waals surface area contributed by atoms with E-state index in [4.69, 9.17) is 5.73 Å². The maximum Gasteiger partial charge on any atom is 0.219 e. The number of tetrazole rings is 1. The molecule has 22 heavy (non-hydrogen) atoms. The summed E-state index contributed by atoms with van der Waals surface area (Å²) in [6.45, 7) is 0. The fourth-order valence-corrected chi connectivity index (χ4v) is 2.97. The standard InChI is InChI=1S/C12H11N7O2S/c1-22(20,21)9-4-2-3-8(7-5-14-12(13)15-6-7)10(9)11-16-18-19-17-11/h2-6H,1H3,(H2,13,14,15)(H,16,17,18,19). The number of nitrogens with two attached hydrogens (primary N) is 1. The molecule has 0 aliphatic heterocycles. The number of nitrogens with zero attached hydrogens (tertiary/aromatic N) is 5. The van der Waals surface area contributed by atoms with Crippen LogP contribution < -0.4 is 5.73 Å². The molecule has 0 atom stereocenters. The van der Waals surface area contributed by atoms with E-state index >= 15 is 0 Å². The largest absolute Gasteiger partial charge is 0.368 e. The maximum absolute atomic E-state index is 12.1. The van der Waals surface area contributed by atoms with Crippen molar-refractivity contribution in [1.82, 2.24) is 30.6 Å². The van der Waals surface area contributed by atoms with Crippen molar-refractivity contribution < 1.29 is 8.42 Å². The van der Waals surface area contributed by atoms with Crippen molar-refractivity contribution in [3.8, 4) is 22.5 Å². The van der Waals surface area contributed by atoms with Gasteiger partial charge in [0.25, 0.3) is 0 Å². The maximum atomic E-state index is 12.1. The Bertz CT molecular complexity index is 905. The van der Waals surface area contributed by atoms with Crippen LogP contribution in [0.3, 0.4) is 0 Å². The summed E-state index contributed by atoms with van der Waals surface area (Å²) in [5, 5.41) is 13.4. The molecule has 1 aromatic carbocycles. The molecule has 0 bridgehead atoms. The van der Waals surface area contributed by atoms with Gasteiger partial charge in [-0.3, -0.25) is 0 Å². The first-order valence-electron chi connectivity index (χ1n) is 6.12. The van der Waals surface area contributed by atoms with E-state index in [9.17, 15) is 8.42 Å². The van der Waals surface area contributed by atoms with Crippen molar-refractivity contribution in [2.45, 2.75) is 4.90 Å². The lowest BCUT2D eigenvalue weighted by Crippen LogP contribution is -2.03. The molecule has 3 rings (SSSR count). The van der Waals surface area contributed by atoms with Crippen LogP contribution in [0.15, 0.2) is 35.5 Å². The van der Waals surface area contributed by atoms with E-state index in [2.05, 4.69) is 30.6 Å². The second kappa shape index (κ2) is 5.15. The summed E-state index contributed by atoms with van der Waals surface area (Å²) >= 11 is 0. The number of hydrogen-bond acceptors (Lipinski definition) is 8. The normalized spacial score (nSPS) is 11.5. The van der Waals surface area contributed by atoms with Gasteiger partial charge in [0.15, 0.2) is 15.7 Å². The molecule has 0 fully saturated rings. The molecule has 0 aliphatic carbocycles. The van der Waals surface area contributed by atoms with E-state index in [1.54, 1.807) is 12.1 Å². The number of nitrogen functional groups attached to an aromatic ring is 1. The summed E-state index contributed by atoms with van der Waals surface area (Å²) in [5.41, 5.74) is 7.03. The number of nitrogens with one attached hydrogen (secondary N) is 1. The van der Waals surface area contributed by atoms with Crippen molar-refractivity contribution >= 4 is 15.8 Å². The topological polar surface area (TPSA) is 140 Å². The monoisotopic (exact) mass is 317 g/mol. The minimum absolute atomic E-state index is 0.111. The Hall–Kier alpha value is -2.88. The number of H-pyrrole nitrogens is 1. The number of sulfone groups is 1. The first-order valence-corrected chi connectivity index (χ1v) is 8.01. The number of aromatic amines is 1. The summed E-state index contributed by atoms with van der Waals surface area (Å²) in [5.74, 6) is 0.374. The van der Waals surface area contributed by atoms with Gasteiger partial charge in [0.2, 0.25) is 5.95 Å². The molecule has 0 radical (unpaired) electrons. The van der Waals surface area contributed by atoms with Crippen LogP contribution >= 0.6 is 0 Å². The van der Waals surface area contributed by atoms with Crippen LogP contribution in [0.25, 0.3) is 22.5 Å². The van der Waals surface area contributed by atoms with Crippen molar-refractivity contribution in [1.29, 1.82) is 0 Å². The van der Waals surface area contributed by atoms with Gasteiger partial charge >= 0.3 is 0 Å². The third-order valence-electron chi connectivity index (χ3n) is 2.99. The zero-order chi connectivity index (χ0) is 15.7. The number of hydrogen-bond donors (Lipinski definition) is 2. The van der Waals surface area contributed by atoms with Crippen LogP contribution in [0.2, 0.25) is 0 Å². The molecule has 0 unspecified atom stereocenters. The zero-order valence-corrected chi connectivity index (χ0v) is 12.2. The minimum Gasteiger partial charge on any atom is -0.368 e. The van der Waals surface area contributed by atoms with Gasteiger partial charge in [-0.25, -0.2) is 23.5 Å². The molecule has 3 N–H and O–H groups in total. The lowest BCUT2D eigenvalue weighted by atomic mass is 10.0. The van der Waals surface area contributed by atoms with E-state index in [0.717, 1.165) is 6.26 Å². The molecule has 3 aromatic rings. The quantitative estimate of drug-likeness (QED) is 0.703. The SMILES string of the molecule is CS(=O)(=O)c1cccc(-c2cnc(N)nc2)c1-c1nnn[nH]1. The van der Waals surface area contributed by atoms with Crippen LogP contribution in [0.1, 0.15) is 0 Å². The molecule has 0 aliphatic rings. The Balaban J connectivity index is 2.34. The summed E-state index contributed by atoms with van der Waals surface area (Å²) in [6, 6.07) is 4.87. The van der Waals surface area contributed by atoms with Crippen molar-refractivity contribution in [3.63, 3.8) is 0 Å². The molecule has 0 saturated carbocycles. The molecular weight excluding hydrogens is 306 g/mol. The molecule has 0 spiro atoms. The number of benzene rings is 1. The highest BCUT2D eigenvalue weighted by Crippen LogP contribution is 2.34. The highest BCUT2D eigenvalue weighted by Gasteiger charge is 2.21. The van der Waals surface area contributed by atoms with Crippen LogP contribution in [-0.4, -0.2) is 45.3 Å². The second-order valence-electron chi connectivity index (χ2n) is 4.53. The Morgan fingerprint density at radius 2 is 1.91 bits per heavy atom. The van der Waals surface area contributed by atoms with Gasteiger partial charge in [-0.15, -0.1) is 5.10 Å². The zero-order valence-electron chi connectivity index (χ0n) is 11.4. The predicted octanol–water partition coefficient (Wildman–Crippen LogP) is 0.309.